The van der Waals surface area contributed by atoms with Crippen LogP contribution in [0.5, 0.6) is 0 Å². The fraction of sp³-hybridized carbons (Fsp3) is 0.385. The number of thiophene rings is 1. The second kappa shape index (κ2) is 10.5. The number of hydrogen-bond donors (Lipinski definition) is 1. The molecule has 1 unspecified atom stereocenters. The molecule has 0 spiro atoms. The van der Waals surface area contributed by atoms with Crippen LogP contribution >= 0.6 is 22.9 Å². The Bertz CT molecular complexity index is 1370. The first-order chi connectivity index (χ1) is 17.1. The van der Waals surface area contributed by atoms with E-state index < -0.39 is 15.6 Å². The zero-order valence-corrected chi connectivity index (χ0v) is 22.7. The number of nitrogens with two attached hydrogens (primary N) is 1. The molecule has 36 heavy (non-hydrogen) atoms. The number of hydrogen-bond acceptors (Lipinski definition) is 5. The lowest BCUT2D eigenvalue weighted by molar-refractivity contribution is -0.153. The molecule has 1 aliphatic heterocycles. The highest BCUT2D eigenvalue weighted by Gasteiger charge is 2.54. The first-order valence-electron chi connectivity index (χ1n) is 11.9. The summed E-state index contributed by atoms with van der Waals surface area (Å²) in [5.74, 6) is -0.564. The average Bonchev–Trinajstić information content (AvgIpc) is 3.25. The first kappa shape index (κ1) is 26.6. The van der Waals surface area contributed by atoms with Gasteiger partial charge in [-0.3, -0.25) is 9.59 Å². The Kier molecular flexibility index (Phi) is 7.75. The lowest BCUT2D eigenvalue weighted by Gasteiger charge is -2.53. The molecule has 2 aromatic carbocycles. The third-order valence-corrected chi connectivity index (χ3v) is 9.19. The molecule has 4 rings (SSSR count). The summed E-state index contributed by atoms with van der Waals surface area (Å²) in [4.78, 5) is 31.2. The van der Waals surface area contributed by atoms with Crippen LogP contribution in [0, 0.1) is 0 Å². The zero-order valence-electron chi connectivity index (χ0n) is 20.3. The average molecular weight is 548 g/mol. The van der Waals surface area contributed by atoms with E-state index in [9.17, 15) is 18.0 Å². The molecule has 1 fully saturated rings. The van der Waals surface area contributed by atoms with E-state index in [0.717, 1.165) is 15.6 Å². The van der Waals surface area contributed by atoms with Crippen molar-refractivity contribution in [1.82, 2.24) is 9.80 Å². The molecular formula is C26H30ClN3O4S2. The number of nitrogens with zero attached hydrogens (tertiary/aromatic N) is 2. The van der Waals surface area contributed by atoms with Crippen LogP contribution in [-0.2, 0) is 14.8 Å². The molecule has 2 N–H and O–H groups in total. The van der Waals surface area contributed by atoms with Crippen molar-refractivity contribution < 1.29 is 18.0 Å². The number of primary sulfonamides is 1. The standard InChI is InChI=1S/C26H30ClN3O4S2/c1-3-26(13-15-30(26)24(31)22-17-35-23-8-5-4-7-21(22)23)25(32)29(14-6-16-36(28,33)34)18(2)19-9-11-20(27)12-10-19/h4-5,7-12,17-18H,3,6,13-16H2,1-2H3,(H2,28,33,34)/t18-,26?/m0/s1. The lowest BCUT2D eigenvalue weighted by Crippen LogP contribution is -2.69. The minimum absolute atomic E-state index is 0.155. The monoisotopic (exact) mass is 547 g/mol. The molecule has 192 valence electrons. The third-order valence-electron chi connectivity index (χ3n) is 7.11. The molecule has 0 bridgehead atoms. The van der Waals surface area contributed by atoms with Gasteiger partial charge in [0.15, 0.2) is 0 Å². The number of amides is 2. The molecule has 7 nitrogen and oxygen atoms in total. The fourth-order valence-electron chi connectivity index (χ4n) is 4.92. The van der Waals surface area contributed by atoms with Gasteiger partial charge in [-0.1, -0.05) is 48.9 Å². The SMILES string of the molecule is CCC1(C(=O)N(CCCS(N)(=O)=O)[C@@H](C)c2ccc(Cl)cc2)CCN1C(=O)c1csc2ccccc12. The maximum absolute atomic E-state index is 14.2. The smallest absolute Gasteiger partial charge is 0.256 e. The predicted molar refractivity (Wildman–Crippen MR) is 145 cm³/mol. The Morgan fingerprint density at radius 1 is 1.19 bits per heavy atom. The number of benzene rings is 2. The number of halogens is 1. The molecule has 3 aromatic rings. The van der Waals surface area contributed by atoms with Gasteiger partial charge in [0.05, 0.1) is 17.4 Å². The van der Waals surface area contributed by atoms with Crippen molar-refractivity contribution in [3.63, 3.8) is 0 Å². The Morgan fingerprint density at radius 3 is 2.50 bits per heavy atom. The van der Waals surface area contributed by atoms with Gasteiger partial charge in [-0.25, -0.2) is 13.6 Å². The Morgan fingerprint density at radius 2 is 1.89 bits per heavy atom. The molecule has 1 saturated heterocycles. The molecule has 10 heteroatoms. The fourth-order valence-corrected chi connectivity index (χ4v) is 6.51. The quantitative estimate of drug-likeness (QED) is 0.415. The molecule has 1 aliphatic rings. The predicted octanol–water partition coefficient (Wildman–Crippen LogP) is 4.82. The third kappa shape index (κ3) is 5.16. The maximum atomic E-state index is 14.2. The highest BCUT2D eigenvalue weighted by Crippen LogP contribution is 2.40. The number of sulfonamides is 1. The van der Waals surface area contributed by atoms with Crippen molar-refractivity contribution in [1.29, 1.82) is 0 Å². The van der Waals surface area contributed by atoms with Gasteiger partial charge in [0.1, 0.15) is 5.54 Å². The summed E-state index contributed by atoms with van der Waals surface area (Å²) in [5.41, 5.74) is 0.491. The van der Waals surface area contributed by atoms with Gasteiger partial charge >= 0.3 is 0 Å². The molecule has 2 atom stereocenters. The summed E-state index contributed by atoms with van der Waals surface area (Å²) in [6, 6.07) is 14.6. The van der Waals surface area contributed by atoms with E-state index in [1.54, 1.807) is 21.9 Å². The number of carbonyl (C=O) groups is 2. The number of likely N-dealkylation sites (tertiary alicyclic amines) is 1. The van der Waals surface area contributed by atoms with E-state index in [1.807, 2.05) is 55.6 Å². The number of carbonyl (C=O) groups excluding carboxylic acids is 2. The Labute approximate surface area is 220 Å². The molecule has 1 aromatic heterocycles. The minimum Gasteiger partial charge on any atom is -0.334 e. The molecular weight excluding hydrogens is 518 g/mol. The summed E-state index contributed by atoms with van der Waals surface area (Å²) in [7, 11) is -3.67. The molecule has 0 aliphatic carbocycles. The van der Waals surface area contributed by atoms with Gasteiger partial charge in [-0.05, 0) is 49.9 Å². The van der Waals surface area contributed by atoms with Gasteiger partial charge in [0, 0.05) is 33.6 Å². The van der Waals surface area contributed by atoms with Crippen LogP contribution < -0.4 is 5.14 Å². The number of rotatable bonds is 9. The van der Waals surface area contributed by atoms with E-state index in [0.29, 0.717) is 30.0 Å². The molecule has 2 amide bonds. The van der Waals surface area contributed by atoms with E-state index in [-0.39, 0.29) is 36.6 Å². The molecule has 0 radical (unpaired) electrons. The van der Waals surface area contributed by atoms with Crippen molar-refractivity contribution in [2.45, 2.75) is 44.7 Å². The first-order valence-corrected chi connectivity index (χ1v) is 14.9. The van der Waals surface area contributed by atoms with Crippen LogP contribution in [0.2, 0.25) is 5.02 Å². The van der Waals surface area contributed by atoms with Crippen molar-refractivity contribution in [2.24, 2.45) is 5.14 Å². The molecule has 2 heterocycles. The normalized spacial score (nSPS) is 18.6. The van der Waals surface area contributed by atoms with Crippen LogP contribution in [0.1, 0.15) is 55.1 Å². The largest absolute Gasteiger partial charge is 0.334 e. The van der Waals surface area contributed by atoms with Crippen LogP contribution in [0.4, 0.5) is 0 Å². The van der Waals surface area contributed by atoms with E-state index in [2.05, 4.69) is 0 Å². The van der Waals surface area contributed by atoms with Gasteiger partial charge in [-0.2, -0.15) is 0 Å². The van der Waals surface area contributed by atoms with Crippen LogP contribution in [-0.4, -0.2) is 54.4 Å². The van der Waals surface area contributed by atoms with Crippen molar-refractivity contribution in [3.05, 3.63) is 70.1 Å². The van der Waals surface area contributed by atoms with E-state index in [1.165, 1.54) is 11.3 Å². The highest BCUT2D eigenvalue weighted by atomic mass is 35.5. The van der Waals surface area contributed by atoms with E-state index in [4.69, 9.17) is 16.7 Å². The maximum Gasteiger partial charge on any atom is 0.256 e. The Hall–Kier alpha value is -2.46. The van der Waals surface area contributed by atoms with Crippen LogP contribution in [0.25, 0.3) is 10.1 Å². The van der Waals surface area contributed by atoms with Gasteiger partial charge in [-0.15, -0.1) is 11.3 Å². The van der Waals surface area contributed by atoms with Gasteiger partial charge in [0.2, 0.25) is 15.9 Å². The van der Waals surface area contributed by atoms with Gasteiger partial charge < -0.3 is 9.80 Å². The summed E-state index contributed by atoms with van der Waals surface area (Å²) in [6.07, 6.45) is 1.21. The highest BCUT2D eigenvalue weighted by molar-refractivity contribution is 7.89. The zero-order chi connectivity index (χ0) is 26.1. The van der Waals surface area contributed by atoms with E-state index >= 15 is 0 Å². The summed E-state index contributed by atoms with van der Waals surface area (Å²) in [6.45, 7) is 4.50. The van der Waals surface area contributed by atoms with Crippen molar-refractivity contribution in [3.8, 4) is 0 Å². The number of fused-ring (bicyclic) bond motifs is 1. The van der Waals surface area contributed by atoms with Crippen molar-refractivity contribution >= 4 is 54.9 Å². The lowest BCUT2D eigenvalue weighted by atomic mass is 9.79. The summed E-state index contributed by atoms with van der Waals surface area (Å²) in [5, 5.41) is 8.54. The van der Waals surface area contributed by atoms with Crippen molar-refractivity contribution in [2.75, 3.05) is 18.8 Å². The Balaban J connectivity index is 1.65. The summed E-state index contributed by atoms with van der Waals surface area (Å²) < 4.78 is 24.2. The topological polar surface area (TPSA) is 101 Å². The minimum atomic E-state index is -3.67. The van der Waals surface area contributed by atoms with Crippen LogP contribution in [0.15, 0.2) is 53.9 Å². The second-order valence-corrected chi connectivity index (χ2v) is 12.3. The summed E-state index contributed by atoms with van der Waals surface area (Å²) >= 11 is 7.57. The van der Waals surface area contributed by atoms with Crippen LogP contribution in [0.3, 0.4) is 0 Å². The van der Waals surface area contributed by atoms with Gasteiger partial charge in [0.25, 0.3) is 5.91 Å². The second-order valence-electron chi connectivity index (χ2n) is 9.18. The molecule has 0 saturated carbocycles.